The molecule has 282 valence electrons. The van der Waals surface area contributed by atoms with Crippen LogP contribution in [0.1, 0.15) is 76.8 Å². The van der Waals surface area contributed by atoms with E-state index in [2.05, 4.69) is 34.5 Å². The SMILES string of the molecule is COCc1cc(C(=O)Nc2ccc(C)cc2OCCCCCC(=O)N2CCC(N(C)C)CC2)ccc1NC(=O)c1ccccc1OCCCN(C)C. The topological polar surface area (TPSA) is 113 Å². The van der Waals surface area contributed by atoms with Crippen molar-refractivity contribution in [1.82, 2.24) is 14.7 Å². The van der Waals surface area contributed by atoms with Crippen LogP contribution in [0.3, 0.4) is 0 Å². The van der Waals surface area contributed by atoms with Crippen molar-refractivity contribution in [3.8, 4) is 11.5 Å². The number of benzene rings is 3. The van der Waals surface area contributed by atoms with Gasteiger partial charge in [-0.3, -0.25) is 14.4 Å². The summed E-state index contributed by atoms with van der Waals surface area (Å²) in [6.07, 6.45) is 5.97. The predicted molar refractivity (Wildman–Crippen MR) is 207 cm³/mol. The highest BCUT2D eigenvalue weighted by molar-refractivity contribution is 6.08. The van der Waals surface area contributed by atoms with Crippen LogP contribution in [0.5, 0.6) is 11.5 Å². The average molecular weight is 716 g/mol. The van der Waals surface area contributed by atoms with Crippen LogP contribution in [-0.2, 0) is 16.1 Å². The fourth-order valence-corrected chi connectivity index (χ4v) is 6.24. The number of rotatable bonds is 19. The molecular formula is C41H57N5O6. The minimum Gasteiger partial charge on any atom is -0.493 e. The van der Waals surface area contributed by atoms with Crippen molar-refractivity contribution in [1.29, 1.82) is 0 Å². The number of nitrogens with zero attached hydrogens (tertiary/aromatic N) is 3. The zero-order chi connectivity index (χ0) is 37.5. The minimum absolute atomic E-state index is 0.193. The number of ether oxygens (including phenoxy) is 3. The number of hydrogen-bond acceptors (Lipinski definition) is 8. The van der Waals surface area contributed by atoms with Crippen LogP contribution in [0, 0.1) is 6.92 Å². The maximum Gasteiger partial charge on any atom is 0.259 e. The number of carbonyl (C=O) groups excluding carboxylic acids is 3. The molecule has 0 unspecified atom stereocenters. The number of unbranched alkanes of at least 4 members (excludes halogenated alkanes) is 2. The first kappa shape index (κ1) is 40.3. The van der Waals surface area contributed by atoms with Crippen LogP contribution >= 0.6 is 0 Å². The number of carbonyl (C=O) groups is 3. The summed E-state index contributed by atoms with van der Waals surface area (Å²) < 4.78 is 17.5. The van der Waals surface area contributed by atoms with Crippen molar-refractivity contribution in [2.24, 2.45) is 0 Å². The van der Waals surface area contributed by atoms with Gasteiger partial charge in [-0.05, 0) is 122 Å². The van der Waals surface area contributed by atoms with E-state index in [1.807, 2.05) is 50.2 Å². The fourth-order valence-electron chi connectivity index (χ4n) is 6.24. The van der Waals surface area contributed by atoms with Gasteiger partial charge < -0.3 is 39.5 Å². The Morgan fingerprint density at radius 1 is 0.788 bits per heavy atom. The Hall–Kier alpha value is -4.45. The molecule has 4 rings (SSSR count). The number of nitrogens with one attached hydrogen (secondary N) is 2. The van der Waals surface area contributed by atoms with Gasteiger partial charge in [0.2, 0.25) is 5.91 Å². The molecule has 0 radical (unpaired) electrons. The van der Waals surface area contributed by atoms with E-state index < -0.39 is 0 Å². The molecule has 3 amide bonds. The fraction of sp³-hybridized carbons (Fsp3) is 0.488. The zero-order valence-electron chi connectivity index (χ0n) is 31.8. The molecule has 3 aromatic rings. The van der Waals surface area contributed by atoms with E-state index in [9.17, 15) is 14.4 Å². The van der Waals surface area contributed by atoms with Crippen molar-refractivity contribution in [2.75, 3.05) is 78.8 Å². The number of hydrogen-bond donors (Lipinski definition) is 2. The first-order valence-corrected chi connectivity index (χ1v) is 18.3. The maximum absolute atomic E-state index is 13.5. The Balaban J connectivity index is 1.31. The smallest absolute Gasteiger partial charge is 0.259 e. The van der Waals surface area contributed by atoms with Crippen LogP contribution in [0.25, 0.3) is 0 Å². The molecule has 3 aromatic carbocycles. The number of aryl methyl sites for hydroxylation is 1. The summed E-state index contributed by atoms with van der Waals surface area (Å²) in [7, 11) is 9.79. The summed E-state index contributed by atoms with van der Waals surface area (Å²) in [6, 6.07) is 18.5. The van der Waals surface area contributed by atoms with E-state index in [1.165, 1.54) is 0 Å². The van der Waals surface area contributed by atoms with Crippen molar-refractivity contribution in [3.63, 3.8) is 0 Å². The number of piperidine rings is 1. The second-order valence-electron chi connectivity index (χ2n) is 13.9. The number of para-hydroxylation sites is 1. The number of likely N-dealkylation sites (tertiary alicyclic amines) is 1. The largest absolute Gasteiger partial charge is 0.493 e. The lowest BCUT2D eigenvalue weighted by Gasteiger charge is -2.35. The molecule has 1 heterocycles. The Morgan fingerprint density at radius 2 is 1.48 bits per heavy atom. The highest BCUT2D eigenvalue weighted by Crippen LogP contribution is 2.28. The minimum atomic E-state index is -0.314. The van der Waals surface area contributed by atoms with Gasteiger partial charge in [-0.25, -0.2) is 0 Å². The monoisotopic (exact) mass is 715 g/mol. The van der Waals surface area contributed by atoms with Crippen LogP contribution in [0.2, 0.25) is 0 Å². The van der Waals surface area contributed by atoms with Gasteiger partial charge in [0.25, 0.3) is 11.8 Å². The lowest BCUT2D eigenvalue weighted by Crippen LogP contribution is -2.44. The van der Waals surface area contributed by atoms with E-state index in [4.69, 9.17) is 14.2 Å². The van der Waals surface area contributed by atoms with Crippen molar-refractivity contribution in [2.45, 2.75) is 64.5 Å². The molecule has 1 aliphatic rings. The summed E-state index contributed by atoms with van der Waals surface area (Å²) >= 11 is 0. The molecule has 11 heteroatoms. The first-order valence-electron chi connectivity index (χ1n) is 18.3. The number of methoxy groups -OCH3 is 1. The van der Waals surface area contributed by atoms with E-state index in [0.29, 0.717) is 65.2 Å². The molecule has 1 fully saturated rings. The Bertz CT molecular complexity index is 1620. The molecule has 0 aliphatic carbocycles. The molecule has 1 aliphatic heterocycles. The highest BCUT2D eigenvalue weighted by atomic mass is 16.5. The zero-order valence-corrected chi connectivity index (χ0v) is 31.8. The molecule has 52 heavy (non-hydrogen) atoms. The van der Waals surface area contributed by atoms with Crippen molar-refractivity contribution < 1.29 is 28.6 Å². The molecule has 2 N–H and O–H groups in total. The Labute approximate surface area is 309 Å². The molecule has 0 atom stereocenters. The van der Waals surface area contributed by atoms with Gasteiger partial charge in [0.05, 0.1) is 31.1 Å². The predicted octanol–water partition coefficient (Wildman–Crippen LogP) is 6.47. The summed E-state index contributed by atoms with van der Waals surface area (Å²) in [5.41, 5.74) is 3.62. The molecule has 11 nitrogen and oxygen atoms in total. The normalized spacial score (nSPS) is 13.3. The standard InChI is InChI=1S/C41H57N5O6/c1-30-16-18-36(38(27-30)52-25-11-7-8-15-39(47)46-23-20-33(21-24-46)45(4)5)43-40(48)31-17-19-35(32(28-31)29-50-6)42-41(49)34-13-9-10-14-37(34)51-26-12-22-44(2)3/h9-10,13-14,16-19,27-28,33H,7-8,11-12,15,20-26,29H2,1-6H3,(H,42,49)(H,43,48). The van der Waals surface area contributed by atoms with Gasteiger partial charge in [-0.2, -0.15) is 0 Å². The second kappa shape index (κ2) is 20.6. The second-order valence-corrected chi connectivity index (χ2v) is 13.9. The average Bonchev–Trinajstić information content (AvgIpc) is 3.13. The maximum atomic E-state index is 13.5. The van der Waals surface area contributed by atoms with Gasteiger partial charge in [0.15, 0.2) is 0 Å². The van der Waals surface area contributed by atoms with Crippen LogP contribution < -0.4 is 20.1 Å². The van der Waals surface area contributed by atoms with Gasteiger partial charge in [0, 0.05) is 56.0 Å². The van der Waals surface area contributed by atoms with Gasteiger partial charge >= 0.3 is 0 Å². The highest BCUT2D eigenvalue weighted by Gasteiger charge is 2.23. The number of amides is 3. The molecule has 0 saturated carbocycles. The van der Waals surface area contributed by atoms with Crippen LogP contribution in [-0.4, -0.2) is 107 Å². The van der Waals surface area contributed by atoms with Gasteiger partial charge in [-0.15, -0.1) is 0 Å². The van der Waals surface area contributed by atoms with E-state index >= 15 is 0 Å². The summed E-state index contributed by atoms with van der Waals surface area (Å²) in [4.78, 5) is 45.9. The van der Waals surface area contributed by atoms with Crippen LogP contribution in [0.15, 0.2) is 60.7 Å². The van der Waals surface area contributed by atoms with Gasteiger partial charge in [0.1, 0.15) is 11.5 Å². The summed E-state index contributed by atoms with van der Waals surface area (Å²) in [6.45, 7) is 5.70. The third-order valence-corrected chi connectivity index (χ3v) is 9.28. The van der Waals surface area contributed by atoms with Gasteiger partial charge in [-0.1, -0.05) is 18.2 Å². The van der Waals surface area contributed by atoms with Crippen molar-refractivity contribution >= 4 is 29.1 Å². The quantitative estimate of drug-likeness (QED) is 0.136. The third-order valence-electron chi connectivity index (χ3n) is 9.28. The lowest BCUT2D eigenvalue weighted by atomic mass is 10.0. The van der Waals surface area contributed by atoms with E-state index in [-0.39, 0.29) is 24.3 Å². The number of anilines is 2. The van der Waals surface area contributed by atoms with E-state index in [0.717, 1.165) is 63.7 Å². The Morgan fingerprint density at radius 3 is 2.21 bits per heavy atom. The third kappa shape index (κ3) is 12.4. The summed E-state index contributed by atoms with van der Waals surface area (Å²) in [5, 5.41) is 5.97. The molecule has 0 spiro atoms. The molecule has 0 aromatic heterocycles. The first-order chi connectivity index (χ1) is 25.0. The lowest BCUT2D eigenvalue weighted by molar-refractivity contribution is -0.132. The Kier molecular flexibility index (Phi) is 15.9. The molecule has 0 bridgehead atoms. The van der Waals surface area contributed by atoms with Crippen molar-refractivity contribution in [3.05, 3.63) is 82.9 Å². The molecule has 1 saturated heterocycles. The summed E-state index contributed by atoms with van der Waals surface area (Å²) in [5.74, 6) is 0.726. The van der Waals surface area contributed by atoms with Crippen LogP contribution in [0.4, 0.5) is 11.4 Å². The molecular weight excluding hydrogens is 658 g/mol. The van der Waals surface area contributed by atoms with E-state index in [1.54, 1.807) is 43.5 Å².